The Morgan fingerprint density at radius 2 is 1.55 bits per heavy atom. The maximum atomic E-state index is 13.8. The fourth-order valence-corrected chi connectivity index (χ4v) is 4.25. The van der Waals surface area contributed by atoms with E-state index in [2.05, 4.69) is 26.1 Å². The van der Waals surface area contributed by atoms with E-state index in [4.69, 9.17) is 4.74 Å². The predicted molar refractivity (Wildman–Crippen MR) is 154 cm³/mol. The van der Waals surface area contributed by atoms with Crippen LogP contribution in [0.2, 0.25) is 0 Å². The molecule has 38 heavy (non-hydrogen) atoms. The average Bonchev–Trinajstić information content (AvgIpc) is 2.90. The van der Waals surface area contributed by atoms with Crippen molar-refractivity contribution in [3.8, 4) is 5.75 Å². The summed E-state index contributed by atoms with van der Waals surface area (Å²) in [6, 6.07) is 25.0. The molecule has 0 saturated heterocycles. The number of hydrogen-bond acceptors (Lipinski definition) is 3. The van der Waals surface area contributed by atoms with Crippen LogP contribution in [0.3, 0.4) is 0 Å². The highest BCUT2D eigenvalue weighted by atomic mass is 16.5. The third-order valence-electron chi connectivity index (χ3n) is 6.96. The average molecular weight is 515 g/mol. The molecule has 2 amide bonds. The summed E-state index contributed by atoms with van der Waals surface area (Å²) in [7, 11) is 0. The van der Waals surface area contributed by atoms with E-state index < -0.39 is 6.04 Å². The van der Waals surface area contributed by atoms with Gasteiger partial charge in [-0.15, -0.1) is 0 Å². The van der Waals surface area contributed by atoms with E-state index in [1.807, 2.05) is 99.6 Å². The molecular weight excluding hydrogens is 472 g/mol. The van der Waals surface area contributed by atoms with Crippen molar-refractivity contribution >= 4 is 11.8 Å². The number of rotatable bonds is 11. The Bertz CT molecular complexity index is 1180. The van der Waals surface area contributed by atoms with E-state index in [0.717, 1.165) is 23.1 Å². The molecule has 0 aliphatic rings. The number of nitrogens with one attached hydrogen (secondary N) is 1. The SMILES string of the molecule is CCC(C)NC(=O)C(Cc1ccccc1)N(Cc1ccccc1C)C(=O)COc1ccc(C(C)(C)C)cc1. The molecule has 2 unspecified atom stereocenters. The van der Waals surface area contributed by atoms with E-state index in [-0.39, 0.29) is 29.9 Å². The Hall–Kier alpha value is -3.60. The zero-order valence-corrected chi connectivity index (χ0v) is 23.7. The van der Waals surface area contributed by atoms with Gasteiger partial charge >= 0.3 is 0 Å². The molecule has 0 bridgehead atoms. The normalized spacial score (nSPS) is 12.9. The molecule has 0 fully saturated rings. The first kappa shape index (κ1) is 29.0. The van der Waals surface area contributed by atoms with Crippen LogP contribution in [-0.2, 0) is 28.0 Å². The molecule has 3 aromatic carbocycles. The van der Waals surface area contributed by atoms with Crippen molar-refractivity contribution in [2.24, 2.45) is 0 Å². The number of carbonyl (C=O) groups is 2. The van der Waals surface area contributed by atoms with Crippen LogP contribution in [0.15, 0.2) is 78.9 Å². The lowest BCUT2D eigenvalue weighted by atomic mass is 9.87. The number of benzene rings is 3. The van der Waals surface area contributed by atoms with Gasteiger partial charge in [-0.3, -0.25) is 9.59 Å². The molecule has 1 N–H and O–H groups in total. The molecular formula is C33H42N2O3. The summed E-state index contributed by atoms with van der Waals surface area (Å²) < 4.78 is 5.94. The first-order valence-electron chi connectivity index (χ1n) is 13.5. The van der Waals surface area contributed by atoms with Gasteiger partial charge < -0.3 is 15.0 Å². The van der Waals surface area contributed by atoms with Gasteiger partial charge in [0, 0.05) is 19.0 Å². The highest BCUT2D eigenvalue weighted by molar-refractivity contribution is 5.88. The number of hydrogen-bond donors (Lipinski definition) is 1. The maximum Gasteiger partial charge on any atom is 0.261 e. The number of carbonyl (C=O) groups excluding carboxylic acids is 2. The fourth-order valence-electron chi connectivity index (χ4n) is 4.25. The molecule has 5 nitrogen and oxygen atoms in total. The van der Waals surface area contributed by atoms with Gasteiger partial charge in [-0.05, 0) is 60.1 Å². The standard InChI is InChI=1S/C33H42N2O3/c1-7-25(3)34-32(37)30(21-26-14-9-8-10-15-26)35(22-27-16-12-11-13-24(27)2)31(36)23-38-29-19-17-28(18-20-29)33(4,5)6/h8-20,25,30H,7,21-23H2,1-6H3,(H,34,37). The molecule has 0 aromatic heterocycles. The van der Waals surface area contributed by atoms with E-state index in [1.54, 1.807) is 4.90 Å². The fraction of sp³-hybridized carbons (Fsp3) is 0.394. The van der Waals surface area contributed by atoms with Crippen LogP contribution in [0, 0.1) is 6.92 Å². The van der Waals surface area contributed by atoms with Crippen molar-refractivity contribution in [3.05, 3.63) is 101 Å². The van der Waals surface area contributed by atoms with Crippen molar-refractivity contribution in [2.75, 3.05) is 6.61 Å². The molecule has 0 heterocycles. The Kier molecular flexibility index (Phi) is 10.1. The number of amides is 2. The van der Waals surface area contributed by atoms with E-state index >= 15 is 0 Å². The second kappa shape index (κ2) is 13.3. The molecule has 0 aliphatic carbocycles. The van der Waals surface area contributed by atoms with E-state index in [0.29, 0.717) is 18.7 Å². The molecule has 0 aliphatic heterocycles. The van der Waals surface area contributed by atoms with Gasteiger partial charge in [0.25, 0.3) is 5.91 Å². The minimum Gasteiger partial charge on any atom is -0.484 e. The van der Waals surface area contributed by atoms with Gasteiger partial charge in [-0.1, -0.05) is 94.4 Å². The van der Waals surface area contributed by atoms with Crippen LogP contribution >= 0.6 is 0 Å². The summed E-state index contributed by atoms with van der Waals surface area (Å²) in [6.07, 6.45) is 1.23. The lowest BCUT2D eigenvalue weighted by molar-refractivity contribution is -0.143. The highest BCUT2D eigenvalue weighted by Crippen LogP contribution is 2.24. The summed E-state index contributed by atoms with van der Waals surface area (Å²) in [4.78, 5) is 29.0. The minimum atomic E-state index is -0.676. The largest absolute Gasteiger partial charge is 0.484 e. The second-order valence-corrected chi connectivity index (χ2v) is 11.0. The molecule has 3 rings (SSSR count). The van der Waals surface area contributed by atoms with Crippen LogP contribution in [-0.4, -0.2) is 35.4 Å². The van der Waals surface area contributed by atoms with Gasteiger partial charge in [-0.25, -0.2) is 0 Å². The molecule has 5 heteroatoms. The van der Waals surface area contributed by atoms with Crippen LogP contribution in [0.5, 0.6) is 5.75 Å². The predicted octanol–water partition coefficient (Wildman–Crippen LogP) is 6.23. The molecule has 2 atom stereocenters. The summed E-state index contributed by atoms with van der Waals surface area (Å²) in [6.45, 7) is 12.7. The Morgan fingerprint density at radius 1 is 0.921 bits per heavy atom. The molecule has 0 saturated carbocycles. The molecule has 0 spiro atoms. The third kappa shape index (κ3) is 8.20. The number of ether oxygens (including phenoxy) is 1. The Balaban J connectivity index is 1.90. The van der Waals surface area contributed by atoms with E-state index in [9.17, 15) is 9.59 Å². The Morgan fingerprint density at radius 3 is 2.16 bits per heavy atom. The van der Waals surface area contributed by atoms with Crippen LogP contribution in [0.4, 0.5) is 0 Å². The van der Waals surface area contributed by atoms with Crippen LogP contribution in [0.25, 0.3) is 0 Å². The highest BCUT2D eigenvalue weighted by Gasteiger charge is 2.31. The number of aryl methyl sites for hydroxylation is 1. The maximum absolute atomic E-state index is 13.8. The smallest absolute Gasteiger partial charge is 0.261 e. The van der Waals surface area contributed by atoms with Gasteiger partial charge in [0.05, 0.1) is 0 Å². The Labute approximate surface area is 228 Å². The van der Waals surface area contributed by atoms with Gasteiger partial charge in [0.2, 0.25) is 5.91 Å². The molecule has 202 valence electrons. The summed E-state index contributed by atoms with van der Waals surface area (Å²) >= 11 is 0. The van der Waals surface area contributed by atoms with Crippen molar-refractivity contribution in [2.45, 2.75) is 78.4 Å². The van der Waals surface area contributed by atoms with Crippen LogP contribution < -0.4 is 10.1 Å². The monoisotopic (exact) mass is 514 g/mol. The van der Waals surface area contributed by atoms with Gasteiger partial charge in [0.1, 0.15) is 11.8 Å². The summed E-state index contributed by atoms with van der Waals surface area (Å²) in [5, 5.41) is 3.11. The minimum absolute atomic E-state index is 0.00812. The zero-order chi connectivity index (χ0) is 27.7. The van der Waals surface area contributed by atoms with Gasteiger partial charge in [-0.2, -0.15) is 0 Å². The first-order chi connectivity index (χ1) is 18.1. The molecule has 3 aromatic rings. The van der Waals surface area contributed by atoms with Crippen molar-refractivity contribution in [3.63, 3.8) is 0 Å². The van der Waals surface area contributed by atoms with Gasteiger partial charge in [0.15, 0.2) is 6.61 Å². The summed E-state index contributed by atoms with van der Waals surface area (Å²) in [5.74, 6) is 0.249. The third-order valence-corrected chi connectivity index (χ3v) is 6.96. The summed E-state index contributed by atoms with van der Waals surface area (Å²) in [5.41, 5.74) is 4.31. The first-order valence-corrected chi connectivity index (χ1v) is 13.5. The topological polar surface area (TPSA) is 58.6 Å². The van der Waals surface area contributed by atoms with Crippen molar-refractivity contribution < 1.29 is 14.3 Å². The zero-order valence-electron chi connectivity index (χ0n) is 23.7. The number of nitrogens with zero attached hydrogens (tertiary/aromatic N) is 1. The lowest BCUT2D eigenvalue weighted by Gasteiger charge is -2.32. The van der Waals surface area contributed by atoms with Crippen molar-refractivity contribution in [1.29, 1.82) is 0 Å². The lowest BCUT2D eigenvalue weighted by Crippen LogP contribution is -2.53. The van der Waals surface area contributed by atoms with Crippen molar-refractivity contribution in [1.82, 2.24) is 10.2 Å². The van der Waals surface area contributed by atoms with E-state index in [1.165, 1.54) is 5.56 Å². The van der Waals surface area contributed by atoms with Crippen LogP contribution in [0.1, 0.15) is 63.3 Å². The second-order valence-electron chi connectivity index (χ2n) is 11.0. The molecule has 0 radical (unpaired) electrons. The quantitative estimate of drug-likeness (QED) is 0.330.